The average molecular weight is 235 g/mol. The molecule has 4 nitrogen and oxygen atoms in total. The van der Waals surface area contributed by atoms with Crippen molar-refractivity contribution in [3.63, 3.8) is 0 Å². The van der Waals surface area contributed by atoms with Crippen molar-refractivity contribution in [3.05, 3.63) is 29.1 Å². The Bertz CT molecular complexity index is 574. The molecule has 0 aliphatic carbocycles. The number of carbonyl (C=O) groups is 2. The summed E-state index contributed by atoms with van der Waals surface area (Å²) in [6.07, 6.45) is 0. The smallest absolute Gasteiger partial charge is 0.348 e. The van der Waals surface area contributed by atoms with E-state index in [2.05, 4.69) is 5.32 Å². The predicted molar refractivity (Wildman–Crippen MR) is 63.1 cm³/mol. The van der Waals surface area contributed by atoms with E-state index in [-0.39, 0.29) is 10.8 Å². The largest absolute Gasteiger partial charge is 0.477 e. The minimum atomic E-state index is -1.02. The van der Waals surface area contributed by atoms with Crippen molar-refractivity contribution in [1.82, 2.24) is 0 Å². The minimum Gasteiger partial charge on any atom is -0.477 e. The van der Waals surface area contributed by atoms with Gasteiger partial charge in [-0.3, -0.25) is 4.79 Å². The molecule has 1 heterocycles. The summed E-state index contributed by atoms with van der Waals surface area (Å²) in [4.78, 5) is 22.2. The number of rotatable bonds is 2. The number of carboxylic acid groups (broad SMARTS) is 1. The van der Waals surface area contributed by atoms with Crippen LogP contribution in [0.4, 0.5) is 5.69 Å². The fourth-order valence-corrected chi connectivity index (χ4v) is 2.49. The lowest BCUT2D eigenvalue weighted by atomic mass is 10.2. The SMILES string of the molecule is CC(=O)Nc1c(C(=O)O)sc2ccccc12. The Balaban J connectivity index is 2.69. The molecule has 16 heavy (non-hydrogen) atoms. The van der Waals surface area contributed by atoms with E-state index >= 15 is 0 Å². The highest BCUT2D eigenvalue weighted by atomic mass is 32.1. The lowest BCUT2D eigenvalue weighted by Crippen LogP contribution is -2.08. The zero-order valence-corrected chi connectivity index (χ0v) is 9.30. The van der Waals surface area contributed by atoms with Crippen LogP contribution in [0.25, 0.3) is 10.1 Å². The van der Waals surface area contributed by atoms with Crippen LogP contribution in [0.3, 0.4) is 0 Å². The first-order valence-corrected chi connectivity index (χ1v) is 5.43. The second-order valence-corrected chi connectivity index (χ2v) is 4.34. The molecule has 0 unspecified atom stereocenters. The molecule has 1 aromatic carbocycles. The molecular formula is C11H9NO3S. The van der Waals surface area contributed by atoms with Gasteiger partial charge in [-0.2, -0.15) is 0 Å². The highest BCUT2D eigenvalue weighted by Gasteiger charge is 2.17. The standard InChI is InChI=1S/C11H9NO3S/c1-6(13)12-9-7-4-2-3-5-8(7)16-10(9)11(14)15/h2-5H,1H3,(H,12,13)(H,14,15). The number of carbonyl (C=O) groups excluding carboxylic acids is 1. The molecule has 0 radical (unpaired) electrons. The third kappa shape index (κ3) is 1.77. The fraction of sp³-hybridized carbons (Fsp3) is 0.0909. The van der Waals surface area contributed by atoms with Gasteiger partial charge in [0.2, 0.25) is 5.91 Å². The molecule has 1 amide bonds. The molecule has 2 aromatic rings. The van der Waals surface area contributed by atoms with Gasteiger partial charge in [0, 0.05) is 17.0 Å². The second kappa shape index (κ2) is 3.94. The van der Waals surface area contributed by atoms with E-state index in [9.17, 15) is 9.59 Å². The number of benzene rings is 1. The number of thiophene rings is 1. The third-order valence-corrected chi connectivity index (χ3v) is 3.25. The van der Waals surface area contributed by atoms with Crippen LogP contribution in [0.2, 0.25) is 0 Å². The maximum atomic E-state index is 11.0. The number of carboxylic acids is 1. The molecule has 0 saturated heterocycles. The molecule has 0 saturated carbocycles. The van der Waals surface area contributed by atoms with Crippen LogP contribution in [-0.2, 0) is 4.79 Å². The van der Waals surface area contributed by atoms with E-state index in [4.69, 9.17) is 5.11 Å². The summed E-state index contributed by atoms with van der Waals surface area (Å²) in [5.74, 6) is -1.30. The Morgan fingerprint density at radius 2 is 2.00 bits per heavy atom. The van der Waals surface area contributed by atoms with Gasteiger partial charge in [-0.25, -0.2) is 4.79 Å². The Morgan fingerprint density at radius 1 is 1.31 bits per heavy atom. The fourth-order valence-electron chi connectivity index (χ4n) is 1.50. The molecule has 0 spiro atoms. The van der Waals surface area contributed by atoms with Gasteiger partial charge in [0.25, 0.3) is 0 Å². The number of amides is 1. The summed E-state index contributed by atoms with van der Waals surface area (Å²) < 4.78 is 0.851. The summed E-state index contributed by atoms with van der Waals surface area (Å²) in [6, 6.07) is 7.27. The maximum absolute atomic E-state index is 11.0. The second-order valence-electron chi connectivity index (χ2n) is 3.29. The zero-order chi connectivity index (χ0) is 11.7. The Morgan fingerprint density at radius 3 is 2.62 bits per heavy atom. The van der Waals surface area contributed by atoms with E-state index in [1.54, 1.807) is 6.07 Å². The maximum Gasteiger partial charge on any atom is 0.348 e. The number of hydrogen-bond donors (Lipinski definition) is 2. The third-order valence-electron chi connectivity index (χ3n) is 2.09. The Labute approximate surface area is 95.5 Å². The number of anilines is 1. The van der Waals surface area contributed by atoms with E-state index in [1.807, 2.05) is 18.2 Å². The lowest BCUT2D eigenvalue weighted by molar-refractivity contribution is -0.114. The Hall–Kier alpha value is -1.88. The molecule has 0 fully saturated rings. The van der Waals surface area contributed by atoms with E-state index in [1.165, 1.54) is 6.92 Å². The molecule has 2 N–H and O–H groups in total. The molecule has 0 atom stereocenters. The van der Waals surface area contributed by atoms with Crippen LogP contribution in [0.15, 0.2) is 24.3 Å². The molecule has 0 bridgehead atoms. The number of hydrogen-bond acceptors (Lipinski definition) is 3. The van der Waals surface area contributed by atoms with Crippen LogP contribution < -0.4 is 5.32 Å². The quantitative estimate of drug-likeness (QED) is 0.840. The zero-order valence-electron chi connectivity index (χ0n) is 8.48. The van der Waals surface area contributed by atoms with Gasteiger partial charge in [0.15, 0.2) is 0 Å². The highest BCUT2D eigenvalue weighted by Crippen LogP contribution is 2.35. The molecule has 82 valence electrons. The van der Waals surface area contributed by atoms with E-state index < -0.39 is 5.97 Å². The highest BCUT2D eigenvalue weighted by molar-refractivity contribution is 7.21. The molecule has 1 aromatic heterocycles. The van der Waals surface area contributed by atoms with Gasteiger partial charge in [-0.1, -0.05) is 18.2 Å². The summed E-state index contributed by atoms with van der Waals surface area (Å²) >= 11 is 1.16. The van der Waals surface area contributed by atoms with Crippen molar-refractivity contribution in [3.8, 4) is 0 Å². The van der Waals surface area contributed by atoms with Crippen molar-refractivity contribution >= 4 is 39.0 Å². The first-order valence-electron chi connectivity index (χ1n) is 4.62. The predicted octanol–water partition coefficient (Wildman–Crippen LogP) is 2.56. The topological polar surface area (TPSA) is 66.4 Å². The first-order chi connectivity index (χ1) is 7.59. The Kier molecular flexibility index (Phi) is 2.62. The van der Waals surface area contributed by atoms with Crippen molar-refractivity contribution < 1.29 is 14.7 Å². The van der Waals surface area contributed by atoms with Gasteiger partial charge in [0.05, 0.1) is 5.69 Å². The molecule has 0 aliphatic rings. The molecule has 2 rings (SSSR count). The van der Waals surface area contributed by atoms with Crippen molar-refractivity contribution in [2.24, 2.45) is 0 Å². The summed E-state index contributed by atoms with van der Waals surface area (Å²) in [5, 5.41) is 12.4. The van der Waals surface area contributed by atoms with Crippen LogP contribution >= 0.6 is 11.3 Å². The monoisotopic (exact) mass is 235 g/mol. The van der Waals surface area contributed by atoms with Crippen molar-refractivity contribution in [2.75, 3.05) is 5.32 Å². The molecular weight excluding hydrogens is 226 g/mol. The lowest BCUT2D eigenvalue weighted by Gasteiger charge is -2.01. The van der Waals surface area contributed by atoms with Gasteiger partial charge in [-0.05, 0) is 6.07 Å². The summed E-state index contributed by atoms with van der Waals surface area (Å²) in [6.45, 7) is 1.36. The first kappa shape index (κ1) is 10.6. The summed E-state index contributed by atoms with van der Waals surface area (Å²) in [7, 11) is 0. The van der Waals surface area contributed by atoms with Gasteiger partial charge >= 0.3 is 5.97 Å². The van der Waals surface area contributed by atoms with Gasteiger partial charge in [-0.15, -0.1) is 11.3 Å². The van der Waals surface area contributed by atoms with Gasteiger partial charge in [0.1, 0.15) is 4.88 Å². The normalized spacial score (nSPS) is 10.3. The number of nitrogens with one attached hydrogen (secondary N) is 1. The van der Waals surface area contributed by atoms with Crippen LogP contribution in [-0.4, -0.2) is 17.0 Å². The molecule has 5 heteroatoms. The summed E-state index contributed by atoms with van der Waals surface area (Å²) in [5.41, 5.74) is 0.389. The van der Waals surface area contributed by atoms with Crippen molar-refractivity contribution in [2.45, 2.75) is 6.92 Å². The van der Waals surface area contributed by atoms with Crippen LogP contribution in [0.5, 0.6) is 0 Å². The number of fused-ring (bicyclic) bond motifs is 1. The van der Waals surface area contributed by atoms with Gasteiger partial charge < -0.3 is 10.4 Å². The van der Waals surface area contributed by atoms with E-state index in [0.29, 0.717) is 5.69 Å². The van der Waals surface area contributed by atoms with E-state index in [0.717, 1.165) is 21.4 Å². The number of aromatic carboxylic acids is 1. The van der Waals surface area contributed by atoms with Crippen molar-refractivity contribution in [1.29, 1.82) is 0 Å². The average Bonchev–Trinajstić information content (AvgIpc) is 2.57. The minimum absolute atomic E-state index is 0.163. The van der Waals surface area contributed by atoms with Crippen LogP contribution in [0.1, 0.15) is 16.6 Å². The molecule has 0 aliphatic heterocycles. The van der Waals surface area contributed by atoms with Crippen LogP contribution in [0, 0.1) is 0 Å².